The van der Waals surface area contributed by atoms with Gasteiger partial charge in [-0.15, -0.1) is 8.78 Å². The summed E-state index contributed by atoms with van der Waals surface area (Å²) >= 11 is 0. The molecule has 162 valence electrons. The molecule has 0 unspecified atom stereocenters. The van der Waals surface area contributed by atoms with E-state index in [1.165, 1.54) is 12.1 Å². The molecule has 1 aliphatic heterocycles. The van der Waals surface area contributed by atoms with Gasteiger partial charge in [-0.3, -0.25) is 14.6 Å². The lowest BCUT2D eigenvalue weighted by molar-refractivity contribution is -0.286. The fourth-order valence-electron chi connectivity index (χ4n) is 4.04. The van der Waals surface area contributed by atoms with Gasteiger partial charge in [0, 0.05) is 17.3 Å². The van der Waals surface area contributed by atoms with Gasteiger partial charge in [0.1, 0.15) is 12.1 Å². The first kappa shape index (κ1) is 20.2. The molecule has 0 N–H and O–H groups in total. The molecule has 2 aromatic carbocycles. The van der Waals surface area contributed by atoms with Crippen molar-refractivity contribution in [3.63, 3.8) is 0 Å². The predicted molar refractivity (Wildman–Crippen MR) is 110 cm³/mol. The van der Waals surface area contributed by atoms with E-state index in [9.17, 15) is 18.4 Å². The number of nitrogens with zero attached hydrogens (tertiary/aromatic N) is 2. The van der Waals surface area contributed by atoms with E-state index in [-0.39, 0.29) is 23.7 Å². The number of ketones is 1. The minimum atomic E-state index is -3.70. The number of ether oxygens (including phenoxy) is 2. The molecule has 6 nitrogen and oxygen atoms in total. The molecule has 1 saturated carbocycles. The fourth-order valence-corrected chi connectivity index (χ4v) is 4.04. The average Bonchev–Trinajstić information content (AvgIpc) is 3.52. The molecule has 1 aromatic heterocycles. The van der Waals surface area contributed by atoms with Crippen LogP contribution in [0.1, 0.15) is 40.2 Å². The standard InChI is InChI=1S/C24H18F2N2O4/c1-14-22(16-4-2-3-15(9-16)13-29)28-18(12-27-14)11-21(30)23(7-8-23)17-5-6-19-20(10-17)32-24(25,26)31-19/h2-6,9-10,12-13H,7-8,11H2,1H3. The first-order chi connectivity index (χ1) is 15.3. The lowest BCUT2D eigenvalue weighted by atomic mass is 9.88. The lowest BCUT2D eigenvalue weighted by Crippen LogP contribution is -2.26. The van der Waals surface area contributed by atoms with Gasteiger partial charge in [-0.05, 0) is 43.5 Å². The summed E-state index contributed by atoms with van der Waals surface area (Å²) in [7, 11) is 0. The average molecular weight is 436 g/mol. The number of halogens is 2. The lowest BCUT2D eigenvalue weighted by Gasteiger charge is -2.15. The van der Waals surface area contributed by atoms with Gasteiger partial charge in [-0.1, -0.05) is 24.3 Å². The highest BCUT2D eigenvalue weighted by molar-refractivity contribution is 5.94. The number of benzene rings is 2. The summed E-state index contributed by atoms with van der Waals surface area (Å²) in [5.41, 5.74) is 2.94. The highest BCUT2D eigenvalue weighted by Crippen LogP contribution is 2.52. The van der Waals surface area contributed by atoms with Crippen molar-refractivity contribution in [3.8, 4) is 22.8 Å². The van der Waals surface area contributed by atoms with Crippen molar-refractivity contribution in [2.24, 2.45) is 0 Å². The van der Waals surface area contributed by atoms with Gasteiger partial charge in [-0.2, -0.15) is 0 Å². The molecule has 2 aliphatic rings. The summed E-state index contributed by atoms with van der Waals surface area (Å²) in [6, 6.07) is 11.5. The largest absolute Gasteiger partial charge is 0.586 e. The second-order valence-corrected chi connectivity index (χ2v) is 8.05. The first-order valence-corrected chi connectivity index (χ1v) is 10.1. The third-order valence-electron chi connectivity index (χ3n) is 5.88. The Bertz CT molecular complexity index is 1250. The molecular formula is C24H18F2N2O4. The smallest absolute Gasteiger partial charge is 0.395 e. The molecule has 0 radical (unpaired) electrons. The van der Waals surface area contributed by atoms with E-state index in [2.05, 4.69) is 19.4 Å². The van der Waals surface area contributed by atoms with Crippen molar-refractivity contribution < 1.29 is 27.8 Å². The maximum Gasteiger partial charge on any atom is 0.586 e. The van der Waals surface area contributed by atoms with Crippen molar-refractivity contribution in [2.75, 3.05) is 0 Å². The van der Waals surface area contributed by atoms with Crippen LogP contribution in [0.3, 0.4) is 0 Å². The summed E-state index contributed by atoms with van der Waals surface area (Å²) < 4.78 is 35.7. The number of hydrogen-bond acceptors (Lipinski definition) is 6. The van der Waals surface area contributed by atoms with Gasteiger partial charge in [0.15, 0.2) is 11.5 Å². The topological polar surface area (TPSA) is 78.4 Å². The molecular weight excluding hydrogens is 418 g/mol. The highest BCUT2D eigenvalue weighted by Gasteiger charge is 2.52. The maximum atomic E-state index is 13.3. The Hall–Kier alpha value is -3.68. The van der Waals surface area contributed by atoms with Crippen LogP contribution in [0, 0.1) is 6.92 Å². The number of Topliss-reactive ketones (excluding diaryl/α,β-unsaturated/α-hetero) is 1. The number of rotatable bonds is 6. The van der Waals surface area contributed by atoms with Crippen LogP contribution < -0.4 is 9.47 Å². The fraction of sp³-hybridized carbons (Fsp3) is 0.250. The molecule has 0 amide bonds. The van der Waals surface area contributed by atoms with E-state index in [4.69, 9.17) is 0 Å². The van der Waals surface area contributed by atoms with Crippen LogP contribution in [-0.4, -0.2) is 28.3 Å². The minimum Gasteiger partial charge on any atom is -0.395 e. The quantitative estimate of drug-likeness (QED) is 0.532. The number of carbonyl (C=O) groups excluding carboxylic acids is 2. The Morgan fingerprint density at radius 1 is 1.12 bits per heavy atom. The summed E-state index contributed by atoms with van der Waals surface area (Å²) in [5, 5.41) is 0. The number of fused-ring (bicyclic) bond motifs is 1. The van der Waals surface area contributed by atoms with Crippen LogP contribution in [0.25, 0.3) is 11.3 Å². The van der Waals surface area contributed by atoms with Crippen molar-refractivity contribution in [3.05, 3.63) is 71.2 Å². The number of alkyl halides is 2. The van der Waals surface area contributed by atoms with Gasteiger partial charge >= 0.3 is 6.29 Å². The van der Waals surface area contributed by atoms with Crippen LogP contribution in [-0.2, 0) is 16.6 Å². The van der Waals surface area contributed by atoms with Crippen LogP contribution >= 0.6 is 0 Å². The van der Waals surface area contributed by atoms with Crippen LogP contribution in [0.5, 0.6) is 11.5 Å². The van der Waals surface area contributed by atoms with Crippen molar-refractivity contribution >= 4 is 12.1 Å². The first-order valence-electron chi connectivity index (χ1n) is 10.1. The molecule has 2 heterocycles. The molecule has 0 spiro atoms. The van der Waals surface area contributed by atoms with Crippen molar-refractivity contribution in [1.29, 1.82) is 0 Å². The van der Waals surface area contributed by atoms with Crippen molar-refractivity contribution in [1.82, 2.24) is 9.97 Å². The molecule has 0 bridgehead atoms. The van der Waals surface area contributed by atoms with E-state index in [0.717, 1.165) is 11.8 Å². The van der Waals surface area contributed by atoms with Gasteiger partial charge in [0.2, 0.25) is 0 Å². The van der Waals surface area contributed by atoms with E-state index < -0.39 is 11.7 Å². The molecule has 1 aliphatic carbocycles. The number of aromatic nitrogens is 2. The Morgan fingerprint density at radius 3 is 2.66 bits per heavy atom. The number of hydrogen-bond donors (Lipinski definition) is 0. The second kappa shape index (κ2) is 7.19. The maximum absolute atomic E-state index is 13.3. The zero-order chi connectivity index (χ0) is 22.5. The summed E-state index contributed by atoms with van der Waals surface area (Å²) in [4.78, 5) is 33.3. The van der Waals surface area contributed by atoms with Gasteiger partial charge < -0.3 is 9.47 Å². The van der Waals surface area contributed by atoms with Gasteiger partial charge in [0.05, 0.1) is 28.9 Å². The second-order valence-electron chi connectivity index (χ2n) is 8.05. The van der Waals surface area contributed by atoms with Gasteiger partial charge in [-0.25, -0.2) is 4.98 Å². The van der Waals surface area contributed by atoms with E-state index in [1.54, 1.807) is 30.5 Å². The molecule has 8 heteroatoms. The van der Waals surface area contributed by atoms with Gasteiger partial charge in [0.25, 0.3) is 0 Å². The molecule has 3 aromatic rings. The number of carbonyl (C=O) groups is 2. The summed E-state index contributed by atoms with van der Waals surface area (Å²) in [6.45, 7) is 1.81. The van der Waals surface area contributed by atoms with E-state index >= 15 is 0 Å². The Kier molecular flexibility index (Phi) is 4.54. The zero-order valence-electron chi connectivity index (χ0n) is 17.1. The SMILES string of the molecule is Cc1ncc(CC(=O)C2(c3ccc4c(c3)OC(F)(F)O4)CC2)nc1-c1cccc(C=O)c1. The predicted octanol–water partition coefficient (Wildman–Crippen LogP) is 4.43. The number of aldehydes is 1. The molecule has 5 rings (SSSR count). The third kappa shape index (κ3) is 3.51. The molecule has 0 atom stereocenters. The third-order valence-corrected chi connectivity index (χ3v) is 5.88. The van der Waals surface area contributed by atoms with Crippen LogP contribution in [0.15, 0.2) is 48.7 Å². The normalized spacial score (nSPS) is 17.1. The molecule has 0 saturated heterocycles. The van der Waals surface area contributed by atoms with Crippen LogP contribution in [0.4, 0.5) is 8.78 Å². The molecule has 32 heavy (non-hydrogen) atoms. The minimum absolute atomic E-state index is 0.0476. The summed E-state index contributed by atoms with van der Waals surface area (Å²) in [6.07, 6.45) is -0.0753. The van der Waals surface area contributed by atoms with E-state index in [1.807, 2.05) is 13.0 Å². The zero-order valence-corrected chi connectivity index (χ0v) is 17.1. The molecule has 1 fully saturated rings. The Balaban J connectivity index is 1.40. The monoisotopic (exact) mass is 436 g/mol. The Morgan fingerprint density at radius 2 is 1.91 bits per heavy atom. The van der Waals surface area contributed by atoms with Crippen molar-refractivity contribution in [2.45, 2.75) is 37.9 Å². The van der Waals surface area contributed by atoms with Crippen LogP contribution in [0.2, 0.25) is 0 Å². The Labute approximate surface area is 182 Å². The highest BCUT2D eigenvalue weighted by atomic mass is 19.3. The van der Waals surface area contributed by atoms with E-state index in [0.29, 0.717) is 41.1 Å². The number of aryl methyl sites for hydroxylation is 1. The summed E-state index contributed by atoms with van der Waals surface area (Å²) in [5.74, 6) is -0.179.